The lowest BCUT2D eigenvalue weighted by Crippen LogP contribution is -1.97. The van der Waals surface area contributed by atoms with Gasteiger partial charge >= 0.3 is 0 Å². The third kappa shape index (κ3) is 4.92. The number of nitrogens with zero attached hydrogens (tertiary/aromatic N) is 1. The topological polar surface area (TPSA) is 33.0 Å². The molecule has 0 fully saturated rings. The van der Waals surface area contributed by atoms with Crippen molar-refractivity contribution < 1.29 is 4.74 Å². The van der Waals surface area contributed by atoms with Crippen LogP contribution in [0.4, 0.5) is 0 Å². The largest absolute Gasteiger partial charge is 0.488 e. The Labute approximate surface area is 198 Å². The van der Waals surface area contributed by atoms with Crippen molar-refractivity contribution in [2.24, 2.45) is 0 Å². The van der Waals surface area contributed by atoms with E-state index in [4.69, 9.17) is 4.74 Å². The van der Waals surface area contributed by atoms with Crippen molar-refractivity contribution in [1.29, 1.82) is 5.26 Å². The van der Waals surface area contributed by atoms with Crippen LogP contribution in [-0.4, -0.2) is 0 Å². The fourth-order valence-electron chi connectivity index (χ4n) is 3.17. The van der Waals surface area contributed by atoms with Crippen LogP contribution in [0.5, 0.6) is 5.75 Å². The first kappa shape index (κ1) is 20.6. The van der Waals surface area contributed by atoms with E-state index in [1.54, 1.807) is 0 Å². The Hall–Kier alpha value is -2.62. The molecule has 4 heteroatoms. The number of fused-ring (bicyclic) bond motifs is 1. The van der Waals surface area contributed by atoms with Crippen molar-refractivity contribution in [3.63, 3.8) is 0 Å². The molecule has 0 unspecified atom stereocenters. The van der Waals surface area contributed by atoms with E-state index in [1.807, 2.05) is 66.7 Å². The summed E-state index contributed by atoms with van der Waals surface area (Å²) in [5.74, 6) is 0.833. The molecule has 146 valence electrons. The predicted molar refractivity (Wildman–Crippen MR) is 135 cm³/mol. The van der Waals surface area contributed by atoms with Crippen LogP contribution in [0.1, 0.15) is 16.7 Å². The zero-order chi connectivity index (χ0) is 20.9. The van der Waals surface area contributed by atoms with Crippen LogP contribution in [0, 0.1) is 14.9 Å². The Morgan fingerprint density at radius 3 is 2.43 bits per heavy atom. The van der Waals surface area contributed by atoms with Gasteiger partial charge in [-0.15, -0.1) is 0 Å². The van der Waals surface area contributed by atoms with Gasteiger partial charge in [0, 0.05) is 4.47 Å². The van der Waals surface area contributed by atoms with E-state index in [0.717, 1.165) is 35.9 Å². The number of benzene rings is 4. The van der Waals surface area contributed by atoms with Crippen molar-refractivity contribution in [2.45, 2.75) is 6.61 Å². The molecule has 0 heterocycles. The van der Waals surface area contributed by atoms with Crippen LogP contribution in [0.3, 0.4) is 0 Å². The van der Waals surface area contributed by atoms with Crippen LogP contribution in [0.15, 0.2) is 89.4 Å². The maximum Gasteiger partial charge on any atom is 0.133 e. The van der Waals surface area contributed by atoms with Gasteiger partial charge in [-0.25, -0.2) is 0 Å². The molecular weight excluding hydrogens is 549 g/mol. The van der Waals surface area contributed by atoms with Crippen LogP contribution in [-0.2, 0) is 6.61 Å². The molecule has 0 amide bonds. The molecule has 0 saturated heterocycles. The number of allylic oxidation sites excluding steroid dienone is 1. The van der Waals surface area contributed by atoms with Crippen LogP contribution < -0.4 is 4.74 Å². The summed E-state index contributed by atoms with van der Waals surface area (Å²) in [6, 6.07) is 30.7. The van der Waals surface area contributed by atoms with E-state index in [1.165, 1.54) is 5.39 Å². The van der Waals surface area contributed by atoms with Gasteiger partial charge in [-0.1, -0.05) is 70.5 Å². The highest BCUT2D eigenvalue weighted by Crippen LogP contribution is 2.27. The summed E-state index contributed by atoms with van der Waals surface area (Å²) in [7, 11) is 0. The van der Waals surface area contributed by atoms with Crippen LogP contribution >= 0.6 is 38.5 Å². The minimum absolute atomic E-state index is 0.513. The Morgan fingerprint density at radius 1 is 0.933 bits per heavy atom. The summed E-state index contributed by atoms with van der Waals surface area (Å²) in [6.07, 6.45) is 1.92. The number of rotatable bonds is 5. The first-order valence-electron chi connectivity index (χ1n) is 9.40. The van der Waals surface area contributed by atoms with E-state index < -0.39 is 0 Å². The maximum absolute atomic E-state index is 9.72. The van der Waals surface area contributed by atoms with Crippen molar-refractivity contribution >= 4 is 60.9 Å². The highest BCUT2D eigenvalue weighted by molar-refractivity contribution is 14.1. The Kier molecular flexibility index (Phi) is 6.51. The number of ether oxygens (including phenoxy) is 1. The molecule has 0 saturated carbocycles. The highest BCUT2D eigenvalue weighted by atomic mass is 127. The zero-order valence-electron chi connectivity index (χ0n) is 16.0. The fraction of sp³-hybridized carbons (Fsp3) is 0.0385. The van der Waals surface area contributed by atoms with Gasteiger partial charge in [-0.2, -0.15) is 5.26 Å². The van der Waals surface area contributed by atoms with Gasteiger partial charge in [0.15, 0.2) is 0 Å². The van der Waals surface area contributed by atoms with E-state index in [0.29, 0.717) is 12.2 Å². The fourth-order valence-corrected chi connectivity index (χ4v) is 4.13. The van der Waals surface area contributed by atoms with Crippen LogP contribution in [0.25, 0.3) is 22.4 Å². The van der Waals surface area contributed by atoms with E-state index in [9.17, 15) is 5.26 Å². The standard InChI is InChI=1S/C26H17BrINO/c27-24-10-5-18(6-11-24)17-30-26-12-7-19(14-25(26)28)13-23(16-29)22-9-8-20-3-1-2-4-21(20)15-22/h1-15H,17H2/b23-13-. The quantitative estimate of drug-likeness (QED) is 0.140. The van der Waals surface area contributed by atoms with E-state index in [-0.39, 0.29) is 0 Å². The molecule has 0 radical (unpaired) electrons. The van der Waals surface area contributed by atoms with E-state index in [2.05, 4.69) is 68.9 Å². The first-order chi connectivity index (χ1) is 14.6. The summed E-state index contributed by atoms with van der Waals surface area (Å²) in [5, 5.41) is 12.0. The SMILES string of the molecule is N#C/C(=C/c1ccc(OCc2ccc(Br)cc2)c(I)c1)c1ccc2ccccc2c1. The second kappa shape index (κ2) is 9.46. The molecule has 0 N–H and O–H groups in total. The van der Waals surface area contributed by atoms with Gasteiger partial charge < -0.3 is 4.74 Å². The molecule has 0 aliphatic heterocycles. The molecule has 0 bridgehead atoms. The lowest BCUT2D eigenvalue weighted by atomic mass is 10.0. The predicted octanol–water partition coefficient (Wildman–Crippen LogP) is 7.85. The Bertz CT molecular complexity index is 1270. The second-order valence-corrected chi connectivity index (χ2v) is 8.91. The molecular formula is C26H17BrINO. The Morgan fingerprint density at radius 2 is 1.70 bits per heavy atom. The third-order valence-electron chi connectivity index (χ3n) is 4.76. The first-order valence-corrected chi connectivity index (χ1v) is 11.3. The van der Waals surface area contributed by atoms with Crippen LogP contribution in [0.2, 0.25) is 0 Å². The number of hydrogen-bond acceptors (Lipinski definition) is 2. The smallest absolute Gasteiger partial charge is 0.133 e. The Balaban J connectivity index is 1.55. The molecule has 4 aromatic rings. The normalized spacial score (nSPS) is 11.3. The molecule has 2 nitrogen and oxygen atoms in total. The second-order valence-electron chi connectivity index (χ2n) is 6.84. The lowest BCUT2D eigenvalue weighted by molar-refractivity contribution is 0.304. The van der Waals surface area contributed by atoms with Gasteiger partial charge in [-0.05, 0) is 86.5 Å². The average molecular weight is 566 g/mol. The summed E-state index contributed by atoms with van der Waals surface area (Å²) in [6.45, 7) is 0.513. The summed E-state index contributed by atoms with van der Waals surface area (Å²) >= 11 is 5.72. The summed E-state index contributed by atoms with van der Waals surface area (Å²) in [4.78, 5) is 0. The van der Waals surface area contributed by atoms with Gasteiger partial charge in [0.05, 0.1) is 15.2 Å². The molecule has 0 aromatic heterocycles. The molecule has 4 rings (SSSR count). The molecule has 0 spiro atoms. The lowest BCUT2D eigenvalue weighted by Gasteiger charge is -2.09. The molecule has 4 aromatic carbocycles. The number of nitriles is 1. The van der Waals surface area contributed by atoms with Crippen molar-refractivity contribution in [1.82, 2.24) is 0 Å². The molecule has 30 heavy (non-hydrogen) atoms. The summed E-state index contributed by atoms with van der Waals surface area (Å²) < 4.78 is 8.03. The molecule has 0 aliphatic rings. The minimum atomic E-state index is 0.513. The monoisotopic (exact) mass is 565 g/mol. The van der Waals surface area contributed by atoms with E-state index >= 15 is 0 Å². The number of halogens is 2. The van der Waals surface area contributed by atoms with Crippen molar-refractivity contribution in [3.05, 3.63) is 110 Å². The number of hydrogen-bond donors (Lipinski definition) is 0. The maximum atomic E-state index is 9.72. The van der Waals surface area contributed by atoms with Crippen molar-refractivity contribution in [2.75, 3.05) is 0 Å². The molecule has 0 aliphatic carbocycles. The van der Waals surface area contributed by atoms with Gasteiger partial charge in [0.25, 0.3) is 0 Å². The van der Waals surface area contributed by atoms with Crippen molar-refractivity contribution in [3.8, 4) is 11.8 Å². The van der Waals surface area contributed by atoms with Gasteiger partial charge in [-0.3, -0.25) is 0 Å². The minimum Gasteiger partial charge on any atom is -0.488 e. The third-order valence-corrected chi connectivity index (χ3v) is 6.13. The summed E-state index contributed by atoms with van der Waals surface area (Å²) in [5.41, 5.74) is 3.64. The molecule has 0 atom stereocenters. The average Bonchev–Trinajstić information content (AvgIpc) is 2.77. The zero-order valence-corrected chi connectivity index (χ0v) is 19.7. The van der Waals surface area contributed by atoms with Gasteiger partial charge in [0.2, 0.25) is 0 Å². The highest BCUT2D eigenvalue weighted by Gasteiger charge is 2.06. The van der Waals surface area contributed by atoms with Gasteiger partial charge in [0.1, 0.15) is 12.4 Å².